The second-order valence-electron chi connectivity index (χ2n) is 6.63. The van der Waals surface area contributed by atoms with Gasteiger partial charge < -0.3 is 4.90 Å². The van der Waals surface area contributed by atoms with Crippen molar-refractivity contribution in [3.05, 3.63) is 65.7 Å². The summed E-state index contributed by atoms with van der Waals surface area (Å²) in [5, 5.41) is 0. The van der Waals surface area contributed by atoms with Crippen LogP contribution in [0, 0.1) is 0 Å². The highest BCUT2D eigenvalue weighted by Crippen LogP contribution is 2.35. The van der Waals surface area contributed by atoms with Crippen molar-refractivity contribution in [3.63, 3.8) is 0 Å². The number of piperazine rings is 1. The molecule has 0 saturated carbocycles. The number of rotatable bonds is 5. The van der Waals surface area contributed by atoms with Gasteiger partial charge in [0.2, 0.25) is 10.0 Å². The molecule has 0 radical (unpaired) electrons. The van der Waals surface area contributed by atoms with Gasteiger partial charge in [-0.1, -0.05) is 42.5 Å². The Balaban J connectivity index is 1.65. The normalized spacial score (nSPS) is 17.1. The van der Waals surface area contributed by atoms with Crippen molar-refractivity contribution in [2.75, 3.05) is 32.7 Å². The first-order chi connectivity index (χ1) is 12.8. The van der Waals surface area contributed by atoms with Gasteiger partial charge in [-0.15, -0.1) is 0 Å². The Kier molecular flexibility index (Phi) is 5.88. The minimum absolute atomic E-state index is 0.221. The Morgan fingerprint density at radius 2 is 1.52 bits per heavy atom. The van der Waals surface area contributed by atoms with Crippen LogP contribution in [-0.2, 0) is 22.6 Å². The lowest BCUT2D eigenvalue weighted by Crippen LogP contribution is -3.15. The number of halogens is 3. The van der Waals surface area contributed by atoms with E-state index in [0.717, 1.165) is 25.1 Å². The van der Waals surface area contributed by atoms with Crippen molar-refractivity contribution >= 4 is 10.0 Å². The molecule has 1 saturated heterocycles. The monoisotopic (exact) mass is 399 g/mol. The van der Waals surface area contributed by atoms with Gasteiger partial charge in [0.15, 0.2) is 0 Å². The molecule has 1 heterocycles. The van der Waals surface area contributed by atoms with E-state index in [1.807, 2.05) is 30.3 Å². The summed E-state index contributed by atoms with van der Waals surface area (Å²) in [6.45, 7) is 2.48. The number of nitrogens with one attached hydrogen (secondary N) is 1. The largest absolute Gasteiger partial charge is 0.417 e. The zero-order valence-electron chi connectivity index (χ0n) is 14.7. The molecule has 146 valence electrons. The molecule has 0 atom stereocenters. The first-order valence-corrected chi connectivity index (χ1v) is 10.3. The van der Waals surface area contributed by atoms with E-state index in [4.69, 9.17) is 0 Å². The third kappa shape index (κ3) is 4.69. The summed E-state index contributed by atoms with van der Waals surface area (Å²) >= 11 is 0. The lowest BCUT2D eigenvalue weighted by Gasteiger charge is -2.32. The topological polar surface area (TPSA) is 41.8 Å². The number of hydrogen-bond donors (Lipinski definition) is 1. The van der Waals surface area contributed by atoms with Crippen molar-refractivity contribution in [2.24, 2.45) is 0 Å². The fourth-order valence-electron chi connectivity index (χ4n) is 3.32. The quantitative estimate of drug-likeness (QED) is 0.834. The molecule has 1 N–H and O–H groups in total. The minimum Gasteiger partial charge on any atom is -0.332 e. The van der Waals surface area contributed by atoms with Crippen LogP contribution in [0.3, 0.4) is 0 Å². The van der Waals surface area contributed by atoms with E-state index in [2.05, 4.69) is 0 Å². The highest BCUT2D eigenvalue weighted by Gasteiger charge is 2.39. The maximum absolute atomic E-state index is 13.2. The molecule has 27 heavy (non-hydrogen) atoms. The third-order valence-corrected chi connectivity index (χ3v) is 6.81. The molecular weight excluding hydrogens is 377 g/mol. The van der Waals surface area contributed by atoms with Crippen molar-refractivity contribution in [1.29, 1.82) is 0 Å². The van der Waals surface area contributed by atoms with E-state index >= 15 is 0 Å². The first-order valence-electron chi connectivity index (χ1n) is 8.82. The first kappa shape index (κ1) is 19.9. The summed E-state index contributed by atoms with van der Waals surface area (Å²) in [5.74, 6) is 0. The summed E-state index contributed by atoms with van der Waals surface area (Å²) in [5.41, 5.74) is 0.114. The maximum Gasteiger partial charge on any atom is 0.417 e. The van der Waals surface area contributed by atoms with E-state index in [0.29, 0.717) is 13.1 Å². The molecule has 0 amide bonds. The summed E-state index contributed by atoms with van der Waals surface area (Å²) < 4.78 is 66.2. The van der Waals surface area contributed by atoms with E-state index < -0.39 is 26.7 Å². The Morgan fingerprint density at radius 1 is 0.926 bits per heavy atom. The molecule has 0 bridgehead atoms. The molecule has 8 heteroatoms. The fourth-order valence-corrected chi connectivity index (χ4v) is 4.98. The van der Waals surface area contributed by atoms with Crippen LogP contribution in [0.4, 0.5) is 13.2 Å². The summed E-state index contributed by atoms with van der Waals surface area (Å²) in [7, 11) is -4.17. The van der Waals surface area contributed by atoms with Crippen molar-refractivity contribution in [3.8, 4) is 0 Å². The smallest absolute Gasteiger partial charge is 0.332 e. The standard InChI is InChI=1S/C19H21F3N2O2S/c20-19(21,22)17-8-4-5-9-18(17)27(25,26)24-14-12-23(13-15-24)11-10-16-6-2-1-3-7-16/h1-9H,10-15H2/p+1. The van der Waals surface area contributed by atoms with Gasteiger partial charge >= 0.3 is 6.18 Å². The van der Waals surface area contributed by atoms with Gasteiger partial charge in [0, 0.05) is 6.42 Å². The molecule has 2 aromatic rings. The van der Waals surface area contributed by atoms with Crippen LogP contribution in [0.5, 0.6) is 0 Å². The van der Waals surface area contributed by atoms with Gasteiger partial charge in [0.25, 0.3) is 0 Å². The molecule has 1 aliphatic rings. The van der Waals surface area contributed by atoms with Crippen LogP contribution in [0.2, 0.25) is 0 Å². The zero-order valence-corrected chi connectivity index (χ0v) is 15.6. The molecule has 1 fully saturated rings. The number of quaternary nitrogens is 1. The number of nitrogens with zero attached hydrogens (tertiary/aromatic N) is 1. The lowest BCUT2D eigenvalue weighted by atomic mass is 10.1. The average Bonchev–Trinajstić information content (AvgIpc) is 2.67. The van der Waals surface area contributed by atoms with Gasteiger partial charge in [-0.3, -0.25) is 0 Å². The van der Waals surface area contributed by atoms with E-state index in [1.54, 1.807) is 0 Å². The molecular formula is C19H22F3N2O2S+. The minimum atomic E-state index is -4.70. The van der Waals surface area contributed by atoms with Gasteiger partial charge in [-0.05, 0) is 17.7 Å². The second-order valence-corrected chi connectivity index (χ2v) is 8.54. The molecule has 0 spiro atoms. The van der Waals surface area contributed by atoms with Crippen LogP contribution >= 0.6 is 0 Å². The van der Waals surface area contributed by atoms with Crippen LogP contribution in [0.25, 0.3) is 0 Å². The maximum atomic E-state index is 13.2. The van der Waals surface area contributed by atoms with Crippen LogP contribution in [-0.4, -0.2) is 45.4 Å². The van der Waals surface area contributed by atoms with Gasteiger partial charge in [-0.25, -0.2) is 8.42 Å². The SMILES string of the molecule is O=S(=O)(c1ccccc1C(F)(F)F)N1CC[NH+](CCc2ccccc2)CC1. The summed E-state index contributed by atoms with van der Waals surface area (Å²) in [6, 6.07) is 14.4. The average molecular weight is 399 g/mol. The van der Waals surface area contributed by atoms with Gasteiger partial charge in [-0.2, -0.15) is 17.5 Å². The number of sulfonamides is 1. The molecule has 4 nitrogen and oxygen atoms in total. The van der Waals surface area contributed by atoms with Crippen LogP contribution in [0.15, 0.2) is 59.5 Å². The van der Waals surface area contributed by atoms with Gasteiger partial charge in [0.05, 0.1) is 43.2 Å². The Morgan fingerprint density at radius 3 is 2.15 bits per heavy atom. The second kappa shape index (κ2) is 8.00. The van der Waals surface area contributed by atoms with Crippen molar-refractivity contribution in [1.82, 2.24) is 4.31 Å². The van der Waals surface area contributed by atoms with Crippen LogP contribution < -0.4 is 4.90 Å². The van der Waals surface area contributed by atoms with Crippen LogP contribution in [0.1, 0.15) is 11.1 Å². The number of alkyl halides is 3. The van der Waals surface area contributed by atoms with Gasteiger partial charge in [0.1, 0.15) is 0 Å². The summed E-state index contributed by atoms with van der Waals surface area (Å²) in [4.78, 5) is 0.597. The Hall–Kier alpha value is -1.90. The predicted octanol–water partition coefficient (Wildman–Crippen LogP) is 1.84. The van der Waals surface area contributed by atoms with E-state index in [1.165, 1.54) is 26.9 Å². The molecule has 3 rings (SSSR count). The van der Waals surface area contributed by atoms with Crippen molar-refractivity contribution < 1.29 is 26.5 Å². The molecule has 2 aromatic carbocycles. The Labute approximate surface area is 157 Å². The molecule has 1 aliphatic heterocycles. The zero-order chi connectivity index (χ0) is 19.5. The highest BCUT2D eigenvalue weighted by atomic mass is 32.2. The Bertz CT molecular complexity index is 862. The third-order valence-electron chi connectivity index (χ3n) is 4.85. The highest BCUT2D eigenvalue weighted by molar-refractivity contribution is 7.89. The molecule has 0 aromatic heterocycles. The summed E-state index contributed by atoms with van der Waals surface area (Å²) in [6.07, 6.45) is -3.81. The predicted molar refractivity (Wildman–Crippen MR) is 95.9 cm³/mol. The van der Waals surface area contributed by atoms with E-state index in [-0.39, 0.29) is 13.1 Å². The van der Waals surface area contributed by atoms with Crippen molar-refractivity contribution in [2.45, 2.75) is 17.5 Å². The van der Waals surface area contributed by atoms with E-state index in [9.17, 15) is 21.6 Å². The molecule has 0 aliphatic carbocycles. The number of benzene rings is 2. The molecule has 0 unspecified atom stereocenters. The number of hydrogen-bond acceptors (Lipinski definition) is 2. The fraction of sp³-hybridized carbons (Fsp3) is 0.368. The lowest BCUT2D eigenvalue weighted by molar-refractivity contribution is -0.903.